The van der Waals surface area contributed by atoms with E-state index in [-0.39, 0.29) is 4.90 Å². The van der Waals surface area contributed by atoms with Gasteiger partial charge in [-0.2, -0.15) is 18.4 Å². The van der Waals surface area contributed by atoms with Crippen molar-refractivity contribution in [2.24, 2.45) is 5.10 Å². The summed E-state index contributed by atoms with van der Waals surface area (Å²) in [5.41, 5.74) is 0.984. The van der Waals surface area contributed by atoms with Gasteiger partial charge in [-0.1, -0.05) is 17.7 Å². The lowest BCUT2D eigenvalue weighted by Crippen LogP contribution is -2.18. The maximum atomic E-state index is 11.9. The Kier molecular flexibility index (Phi) is 4.66. The molecule has 0 radical (unpaired) electrons. The van der Waals surface area contributed by atoms with Crippen molar-refractivity contribution in [1.82, 2.24) is 4.83 Å². The zero-order valence-electron chi connectivity index (χ0n) is 10.3. The van der Waals surface area contributed by atoms with E-state index in [1.807, 2.05) is 6.92 Å². The average molecular weight is 422 g/mol. The molecule has 0 bridgehead atoms. The van der Waals surface area contributed by atoms with E-state index in [0.717, 1.165) is 10.0 Å². The molecule has 2 rings (SSSR count). The fraction of sp³-hybridized carbons (Fsp3) is 0.0833. The summed E-state index contributed by atoms with van der Waals surface area (Å²) in [6.45, 7) is 1.88. The van der Waals surface area contributed by atoms with Crippen molar-refractivity contribution < 1.29 is 12.8 Å². The van der Waals surface area contributed by atoms with Gasteiger partial charge in [-0.3, -0.25) is 0 Å². The minimum absolute atomic E-state index is 0.155. The van der Waals surface area contributed by atoms with Gasteiger partial charge in [0.1, 0.15) is 5.76 Å². The molecule has 0 unspecified atom stereocenters. The van der Waals surface area contributed by atoms with Gasteiger partial charge in [0, 0.05) is 6.07 Å². The molecule has 5 nitrogen and oxygen atoms in total. The van der Waals surface area contributed by atoms with E-state index in [1.165, 1.54) is 18.3 Å². The molecule has 106 valence electrons. The molecule has 0 spiro atoms. The molecule has 0 saturated carbocycles. The Balaban J connectivity index is 2.11. The number of hydrogen-bond donors (Lipinski definition) is 1. The van der Waals surface area contributed by atoms with E-state index in [4.69, 9.17) is 4.42 Å². The quantitative estimate of drug-likeness (QED) is 0.607. The van der Waals surface area contributed by atoms with E-state index in [0.29, 0.717) is 10.4 Å². The summed E-state index contributed by atoms with van der Waals surface area (Å²) >= 11 is 6.43. The molecule has 0 aliphatic carbocycles. The monoisotopic (exact) mass is 420 g/mol. The Bertz CT molecular complexity index is 717. The molecule has 1 aromatic heterocycles. The van der Waals surface area contributed by atoms with Crippen molar-refractivity contribution in [3.63, 3.8) is 0 Å². The van der Waals surface area contributed by atoms with Crippen molar-refractivity contribution in [2.75, 3.05) is 0 Å². The minimum atomic E-state index is -3.66. The molecule has 0 aliphatic rings. The van der Waals surface area contributed by atoms with Crippen molar-refractivity contribution in [3.8, 4) is 0 Å². The number of nitrogens with zero attached hydrogens (tertiary/aromatic N) is 1. The van der Waals surface area contributed by atoms with Gasteiger partial charge in [0.2, 0.25) is 0 Å². The minimum Gasteiger partial charge on any atom is -0.447 e. The number of halogens is 2. The summed E-state index contributed by atoms with van der Waals surface area (Å²) in [7, 11) is -3.66. The predicted molar refractivity (Wildman–Crippen MR) is 83.2 cm³/mol. The van der Waals surface area contributed by atoms with Crippen molar-refractivity contribution in [1.29, 1.82) is 0 Å². The van der Waals surface area contributed by atoms with Gasteiger partial charge in [0.25, 0.3) is 10.0 Å². The molecule has 1 aromatic carbocycles. The smallest absolute Gasteiger partial charge is 0.276 e. The van der Waals surface area contributed by atoms with Crippen LogP contribution in [0, 0.1) is 6.92 Å². The third kappa shape index (κ3) is 3.71. The molecule has 20 heavy (non-hydrogen) atoms. The lowest BCUT2D eigenvalue weighted by molar-refractivity contribution is 0.532. The molecule has 0 aliphatic heterocycles. The number of rotatable bonds is 4. The predicted octanol–water partition coefficient (Wildman–Crippen LogP) is 3.43. The third-order valence-electron chi connectivity index (χ3n) is 2.36. The first-order valence-electron chi connectivity index (χ1n) is 5.45. The third-order valence-corrected chi connectivity index (χ3v) is 5.31. The highest BCUT2D eigenvalue weighted by molar-refractivity contribution is 9.13. The second kappa shape index (κ2) is 6.11. The SMILES string of the molecule is Cc1ccc(S(=O)(=O)NN=Cc2cc(Br)c(Br)o2)cc1. The number of furan rings is 1. The largest absolute Gasteiger partial charge is 0.447 e. The first-order valence-corrected chi connectivity index (χ1v) is 8.52. The zero-order valence-corrected chi connectivity index (χ0v) is 14.3. The van der Waals surface area contributed by atoms with Crippen LogP contribution in [0.5, 0.6) is 0 Å². The van der Waals surface area contributed by atoms with Crippen LogP contribution in [0.3, 0.4) is 0 Å². The first-order chi connectivity index (χ1) is 9.38. The van der Waals surface area contributed by atoms with E-state index < -0.39 is 10.0 Å². The van der Waals surface area contributed by atoms with Crippen LogP contribution in [0.25, 0.3) is 0 Å². The molecular formula is C12H10Br2N2O3S. The maximum absolute atomic E-state index is 11.9. The summed E-state index contributed by atoms with van der Waals surface area (Å²) in [5.74, 6) is 0.412. The molecule has 0 saturated heterocycles. The van der Waals surface area contributed by atoms with E-state index in [2.05, 4.69) is 41.8 Å². The van der Waals surface area contributed by atoms with E-state index in [9.17, 15) is 8.42 Å². The Morgan fingerprint density at radius 1 is 1.25 bits per heavy atom. The van der Waals surface area contributed by atoms with Gasteiger partial charge in [0.05, 0.1) is 15.6 Å². The molecule has 0 amide bonds. The molecule has 0 atom stereocenters. The summed E-state index contributed by atoms with van der Waals surface area (Å²) in [6.07, 6.45) is 1.28. The van der Waals surface area contributed by atoms with Crippen molar-refractivity contribution in [2.45, 2.75) is 11.8 Å². The van der Waals surface area contributed by atoms with Crippen LogP contribution < -0.4 is 4.83 Å². The lowest BCUT2D eigenvalue weighted by Gasteiger charge is -2.02. The molecular weight excluding hydrogens is 412 g/mol. The van der Waals surface area contributed by atoms with Gasteiger partial charge in [-0.15, -0.1) is 0 Å². The fourth-order valence-corrected chi connectivity index (χ4v) is 2.76. The Morgan fingerprint density at radius 3 is 2.45 bits per heavy atom. The second-order valence-electron chi connectivity index (χ2n) is 3.94. The standard InChI is InChI=1S/C12H10Br2N2O3S/c1-8-2-4-10(5-3-8)20(17,18)16-15-7-9-6-11(13)12(14)19-9/h2-7,16H,1H3. The second-order valence-corrected chi connectivity index (χ2v) is 7.17. The van der Waals surface area contributed by atoms with Crippen LogP contribution in [-0.4, -0.2) is 14.6 Å². The lowest BCUT2D eigenvalue weighted by atomic mass is 10.2. The van der Waals surface area contributed by atoms with Crippen molar-refractivity contribution >= 4 is 48.1 Å². The molecule has 2 aromatic rings. The number of sulfonamides is 1. The topological polar surface area (TPSA) is 71.7 Å². The summed E-state index contributed by atoms with van der Waals surface area (Å²) in [5, 5.41) is 3.67. The highest BCUT2D eigenvalue weighted by atomic mass is 79.9. The number of benzene rings is 1. The zero-order chi connectivity index (χ0) is 14.8. The van der Waals surface area contributed by atoms with Crippen LogP contribution in [0.1, 0.15) is 11.3 Å². The van der Waals surface area contributed by atoms with Gasteiger partial charge in [-0.05, 0) is 50.9 Å². The number of aryl methyl sites for hydroxylation is 1. The van der Waals surface area contributed by atoms with Gasteiger partial charge < -0.3 is 4.42 Å². The van der Waals surface area contributed by atoms with Gasteiger partial charge in [-0.25, -0.2) is 0 Å². The highest BCUT2D eigenvalue weighted by Crippen LogP contribution is 2.25. The fourth-order valence-electron chi connectivity index (χ4n) is 1.36. The summed E-state index contributed by atoms with van der Waals surface area (Å²) < 4.78 is 30.3. The van der Waals surface area contributed by atoms with E-state index in [1.54, 1.807) is 18.2 Å². The highest BCUT2D eigenvalue weighted by Gasteiger charge is 2.12. The summed E-state index contributed by atoms with van der Waals surface area (Å²) in [4.78, 5) is 2.28. The molecule has 0 fully saturated rings. The van der Waals surface area contributed by atoms with Gasteiger partial charge in [0.15, 0.2) is 4.67 Å². The normalized spacial score (nSPS) is 11.9. The van der Waals surface area contributed by atoms with Crippen LogP contribution in [0.2, 0.25) is 0 Å². The molecule has 1 heterocycles. The van der Waals surface area contributed by atoms with Crippen LogP contribution in [-0.2, 0) is 10.0 Å². The van der Waals surface area contributed by atoms with Gasteiger partial charge >= 0.3 is 0 Å². The van der Waals surface area contributed by atoms with Crippen LogP contribution in [0.15, 0.2) is 53.9 Å². The van der Waals surface area contributed by atoms with Crippen molar-refractivity contribution in [3.05, 3.63) is 50.8 Å². The number of hydrogen-bond acceptors (Lipinski definition) is 4. The summed E-state index contributed by atoms with van der Waals surface area (Å²) in [6, 6.07) is 8.15. The molecule has 8 heteroatoms. The Morgan fingerprint density at radius 2 is 1.90 bits per heavy atom. The van der Waals surface area contributed by atoms with E-state index >= 15 is 0 Å². The van der Waals surface area contributed by atoms with Crippen LogP contribution >= 0.6 is 31.9 Å². The average Bonchev–Trinajstić information content (AvgIpc) is 2.69. The Hall–Kier alpha value is -1.12. The maximum Gasteiger partial charge on any atom is 0.276 e. The van der Waals surface area contributed by atoms with Crippen LogP contribution in [0.4, 0.5) is 0 Å². The first kappa shape index (κ1) is 15.3. The number of nitrogens with one attached hydrogen (secondary N) is 1. The number of hydrazone groups is 1. The molecule has 1 N–H and O–H groups in total. The Labute approximate surface area is 133 Å².